The van der Waals surface area contributed by atoms with E-state index >= 15 is 0 Å². The van der Waals surface area contributed by atoms with Gasteiger partial charge in [0.15, 0.2) is 11.5 Å². The molecule has 2 N–H and O–H groups in total. The lowest BCUT2D eigenvalue weighted by atomic mass is 10.1. The summed E-state index contributed by atoms with van der Waals surface area (Å²) in [5.41, 5.74) is 6.82. The maximum absolute atomic E-state index is 12.9. The lowest BCUT2D eigenvalue weighted by molar-refractivity contribution is 0.0730. The van der Waals surface area contributed by atoms with Crippen LogP contribution in [0.2, 0.25) is 0 Å². The first-order valence-corrected chi connectivity index (χ1v) is 10.5. The van der Waals surface area contributed by atoms with Crippen molar-refractivity contribution in [3.05, 3.63) is 60.4 Å². The van der Waals surface area contributed by atoms with Crippen molar-refractivity contribution < 1.29 is 17.9 Å². The highest BCUT2D eigenvalue weighted by Gasteiger charge is 2.27. The third-order valence-electron chi connectivity index (χ3n) is 4.56. The van der Waals surface area contributed by atoms with Crippen molar-refractivity contribution in [2.24, 2.45) is 0 Å². The molecule has 0 radical (unpaired) electrons. The topological polar surface area (TPSA) is 141 Å². The molecule has 11 heteroatoms. The Labute approximate surface area is 172 Å². The minimum atomic E-state index is -3.73. The fraction of sp³-hybridized carbons (Fsp3) is 0.211. The van der Waals surface area contributed by atoms with Crippen LogP contribution in [0.5, 0.6) is 0 Å². The third-order valence-corrected chi connectivity index (χ3v) is 6.42. The Balaban J connectivity index is 1.70. The van der Waals surface area contributed by atoms with Gasteiger partial charge in [0.05, 0.1) is 25.1 Å². The van der Waals surface area contributed by atoms with Crippen LogP contribution in [0.1, 0.15) is 16.1 Å². The van der Waals surface area contributed by atoms with E-state index in [9.17, 15) is 13.2 Å². The van der Waals surface area contributed by atoms with Crippen LogP contribution in [0, 0.1) is 0 Å². The number of aromatic nitrogens is 4. The van der Waals surface area contributed by atoms with Crippen molar-refractivity contribution in [2.75, 3.05) is 32.0 Å². The number of pyridine rings is 2. The van der Waals surface area contributed by atoms with Crippen LogP contribution in [-0.2, 0) is 14.8 Å². The first kappa shape index (κ1) is 20.0. The van der Waals surface area contributed by atoms with Gasteiger partial charge in [0.1, 0.15) is 4.90 Å². The maximum Gasteiger partial charge on any atom is 0.244 e. The number of ketones is 1. The molecule has 3 aromatic heterocycles. The van der Waals surface area contributed by atoms with Crippen molar-refractivity contribution >= 4 is 21.6 Å². The Hall–Kier alpha value is -3.28. The summed E-state index contributed by atoms with van der Waals surface area (Å²) < 4.78 is 32.4. The van der Waals surface area contributed by atoms with Gasteiger partial charge in [-0.15, -0.1) is 0 Å². The predicted molar refractivity (Wildman–Crippen MR) is 107 cm³/mol. The van der Waals surface area contributed by atoms with E-state index in [-0.39, 0.29) is 35.2 Å². The smallest absolute Gasteiger partial charge is 0.244 e. The largest absolute Gasteiger partial charge is 0.382 e. The van der Waals surface area contributed by atoms with Crippen LogP contribution < -0.4 is 5.73 Å². The number of sulfonamides is 1. The molecule has 0 aliphatic carbocycles. The average molecular weight is 426 g/mol. The van der Waals surface area contributed by atoms with Crippen molar-refractivity contribution in [3.63, 3.8) is 0 Å². The molecule has 1 saturated heterocycles. The number of anilines is 1. The summed E-state index contributed by atoms with van der Waals surface area (Å²) >= 11 is 0. The molecule has 0 atom stereocenters. The Morgan fingerprint density at radius 3 is 2.63 bits per heavy atom. The van der Waals surface area contributed by atoms with E-state index in [1.54, 1.807) is 18.3 Å². The summed E-state index contributed by atoms with van der Waals surface area (Å²) in [7, 11) is -3.73. The van der Waals surface area contributed by atoms with E-state index in [0.717, 1.165) is 0 Å². The van der Waals surface area contributed by atoms with Crippen molar-refractivity contribution in [1.82, 2.24) is 24.2 Å². The number of rotatable bonds is 5. The van der Waals surface area contributed by atoms with E-state index in [4.69, 9.17) is 10.5 Å². The fourth-order valence-corrected chi connectivity index (χ4v) is 4.37. The van der Waals surface area contributed by atoms with Gasteiger partial charge in [-0.05, 0) is 18.2 Å². The number of hydrogen-bond acceptors (Lipinski definition) is 9. The van der Waals surface area contributed by atoms with Crippen LogP contribution in [0.3, 0.4) is 0 Å². The molecule has 154 valence electrons. The van der Waals surface area contributed by atoms with Crippen LogP contribution in [0.15, 0.2) is 54.1 Å². The molecule has 0 amide bonds. The van der Waals surface area contributed by atoms with E-state index in [2.05, 4.69) is 19.9 Å². The second kappa shape index (κ2) is 8.22. The number of ether oxygens (including phenoxy) is 1. The van der Waals surface area contributed by atoms with Gasteiger partial charge in [0.2, 0.25) is 15.8 Å². The van der Waals surface area contributed by atoms with Crippen LogP contribution >= 0.6 is 0 Å². The van der Waals surface area contributed by atoms with Crippen molar-refractivity contribution in [3.8, 4) is 11.3 Å². The van der Waals surface area contributed by atoms with Crippen LogP contribution in [0.25, 0.3) is 11.3 Å². The summed E-state index contributed by atoms with van der Waals surface area (Å²) in [5, 5.41) is 0. The standard InChI is InChI=1S/C19H18N6O4S/c20-19-17(18(26)13-2-1-3-21-9-13)24-16(12-23-19)14-8-15(11-22-10-14)30(27,28)25-4-6-29-7-5-25/h1-3,8-12H,4-7H2,(H2,20,23). The quantitative estimate of drug-likeness (QED) is 0.585. The molecule has 4 heterocycles. The molecule has 4 rings (SSSR count). The van der Waals surface area contributed by atoms with Gasteiger partial charge < -0.3 is 10.5 Å². The monoisotopic (exact) mass is 426 g/mol. The van der Waals surface area contributed by atoms with Gasteiger partial charge in [-0.1, -0.05) is 0 Å². The Morgan fingerprint density at radius 2 is 1.90 bits per heavy atom. The Kier molecular flexibility index (Phi) is 5.48. The van der Waals surface area contributed by atoms with Crippen LogP contribution in [0.4, 0.5) is 5.82 Å². The zero-order chi connectivity index (χ0) is 21.1. The van der Waals surface area contributed by atoms with Crippen molar-refractivity contribution in [2.45, 2.75) is 4.90 Å². The molecule has 0 spiro atoms. The molecule has 3 aromatic rings. The predicted octanol–water partition coefficient (Wildman–Crippen LogP) is 0.768. The van der Waals surface area contributed by atoms with Gasteiger partial charge in [-0.25, -0.2) is 18.4 Å². The number of morpholine rings is 1. The highest BCUT2D eigenvalue weighted by molar-refractivity contribution is 7.89. The zero-order valence-electron chi connectivity index (χ0n) is 15.8. The number of hydrogen-bond donors (Lipinski definition) is 1. The number of carbonyl (C=O) groups is 1. The molecule has 0 aromatic carbocycles. The second-order valence-corrected chi connectivity index (χ2v) is 8.42. The molecule has 0 saturated carbocycles. The highest BCUT2D eigenvalue weighted by atomic mass is 32.2. The normalized spacial score (nSPS) is 15.1. The van der Waals surface area contributed by atoms with E-state index in [1.807, 2.05) is 0 Å². The Morgan fingerprint density at radius 1 is 1.10 bits per heavy atom. The van der Waals surface area contributed by atoms with Crippen LogP contribution in [-0.4, -0.2) is 64.7 Å². The lowest BCUT2D eigenvalue weighted by Crippen LogP contribution is -2.40. The first-order chi connectivity index (χ1) is 14.5. The van der Waals surface area contributed by atoms with Gasteiger partial charge in [-0.2, -0.15) is 4.31 Å². The number of nitrogen functional groups attached to an aromatic ring is 1. The highest BCUT2D eigenvalue weighted by Crippen LogP contribution is 2.24. The fourth-order valence-electron chi connectivity index (χ4n) is 2.97. The summed E-state index contributed by atoms with van der Waals surface area (Å²) in [6.07, 6.45) is 7.07. The molecule has 1 aliphatic rings. The molecule has 1 aliphatic heterocycles. The molecule has 30 heavy (non-hydrogen) atoms. The number of carbonyl (C=O) groups excluding carboxylic acids is 1. The second-order valence-electron chi connectivity index (χ2n) is 6.49. The molecule has 10 nitrogen and oxygen atoms in total. The van der Waals surface area contributed by atoms with E-state index in [0.29, 0.717) is 24.3 Å². The molecular formula is C19H18N6O4S. The summed E-state index contributed by atoms with van der Waals surface area (Å²) in [4.78, 5) is 29.1. The van der Waals surface area contributed by atoms with Gasteiger partial charge in [-0.3, -0.25) is 14.8 Å². The van der Waals surface area contributed by atoms with Gasteiger partial charge in [0, 0.05) is 49.0 Å². The van der Waals surface area contributed by atoms with Crippen molar-refractivity contribution in [1.29, 1.82) is 0 Å². The number of nitrogens with two attached hydrogens (primary N) is 1. The SMILES string of the molecule is Nc1ncc(-c2cncc(S(=O)(=O)N3CCOCC3)c2)nc1C(=O)c1cccnc1. The zero-order valence-corrected chi connectivity index (χ0v) is 16.6. The average Bonchev–Trinajstić information content (AvgIpc) is 2.80. The summed E-state index contributed by atoms with van der Waals surface area (Å²) in [6, 6.07) is 4.68. The Bertz CT molecular complexity index is 1180. The van der Waals surface area contributed by atoms with Gasteiger partial charge >= 0.3 is 0 Å². The lowest BCUT2D eigenvalue weighted by Gasteiger charge is -2.26. The molecule has 0 unspecified atom stereocenters. The molecule has 1 fully saturated rings. The summed E-state index contributed by atoms with van der Waals surface area (Å²) in [6.45, 7) is 1.24. The molecule has 0 bridgehead atoms. The first-order valence-electron chi connectivity index (χ1n) is 9.07. The number of nitrogens with zero attached hydrogens (tertiary/aromatic N) is 5. The van der Waals surface area contributed by atoms with E-state index < -0.39 is 15.8 Å². The minimum absolute atomic E-state index is 0.0284. The van der Waals surface area contributed by atoms with E-state index in [1.165, 1.54) is 35.2 Å². The maximum atomic E-state index is 12.9. The minimum Gasteiger partial charge on any atom is -0.382 e. The van der Waals surface area contributed by atoms with Gasteiger partial charge in [0.25, 0.3) is 0 Å². The molecular weight excluding hydrogens is 408 g/mol. The summed E-state index contributed by atoms with van der Waals surface area (Å²) in [5.74, 6) is -0.461. The third kappa shape index (κ3) is 3.90.